The number of aliphatic hydroxyl groups is 2. The van der Waals surface area contributed by atoms with Crippen molar-refractivity contribution in [2.24, 2.45) is 11.8 Å². The summed E-state index contributed by atoms with van der Waals surface area (Å²) in [6.07, 6.45) is 2.00. The molecule has 0 radical (unpaired) electrons. The van der Waals surface area contributed by atoms with E-state index in [-0.39, 0.29) is 13.2 Å². The molecule has 2 heteroatoms. The van der Waals surface area contributed by atoms with Crippen LogP contribution in [-0.2, 0) is 12.8 Å². The number of hydrogen-bond donors (Lipinski definition) is 2. The van der Waals surface area contributed by atoms with E-state index in [0.29, 0.717) is 11.8 Å². The largest absolute Gasteiger partial charge is 0.396 e. The fourth-order valence-corrected chi connectivity index (χ4v) is 2.55. The molecule has 0 fully saturated rings. The lowest BCUT2D eigenvalue weighted by Gasteiger charge is -2.17. The van der Waals surface area contributed by atoms with Crippen LogP contribution in [-0.4, -0.2) is 23.4 Å². The van der Waals surface area contributed by atoms with Gasteiger partial charge in [-0.2, -0.15) is 0 Å². The maximum atomic E-state index is 8.98. The van der Waals surface area contributed by atoms with Gasteiger partial charge in [0.05, 0.1) is 6.61 Å². The first-order valence-electron chi connectivity index (χ1n) is 9.42. The van der Waals surface area contributed by atoms with Gasteiger partial charge in [-0.15, -0.1) is 0 Å². The molecule has 0 saturated carbocycles. The Morgan fingerprint density at radius 3 is 1.69 bits per heavy atom. The van der Waals surface area contributed by atoms with Gasteiger partial charge in [-0.1, -0.05) is 80.1 Å². The van der Waals surface area contributed by atoms with Crippen molar-refractivity contribution < 1.29 is 10.2 Å². The molecule has 26 heavy (non-hydrogen) atoms. The van der Waals surface area contributed by atoms with Crippen molar-refractivity contribution in [3.8, 4) is 0 Å². The van der Waals surface area contributed by atoms with Crippen molar-refractivity contribution in [3.05, 3.63) is 82.9 Å². The Morgan fingerprint density at radius 2 is 1.23 bits per heavy atom. The average molecular weight is 355 g/mol. The van der Waals surface area contributed by atoms with Crippen molar-refractivity contribution in [3.63, 3.8) is 0 Å². The van der Waals surface area contributed by atoms with E-state index in [1.165, 1.54) is 16.7 Å². The zero-order valence-electron chi connectivity index (χ0n) is 16.7. The lowest BCUT2D eigenvalue weighted by molar-refractivity contribution is 0.195. The molecule has 0 aliphatic carbocycles. The van der Waals surface area contributed by atoms with Crippen LogP contribution in [0.2, 0.25) is 0 Å². The normalized spacial score (nSPS) is 13.9. The van der Waals surface area contributed by atoms with E-state index >= 15 is 0 Å². The summed E-state index contributed by atoms with van der Waals surface area (Å²) in [6.45, 7) is 8.77. The van der Waals surface area contributed by atoms with Crippen molar-refractivity contribution in [2.45, 2.75) is 40.5 Å². The Bertz CT molecular complexity index is 632. The summed E-state index contributed by atoms with van der Waals surface area (Å²) in [7, 11) is 0. The Kier molecular flexibility index (Phi) is 10.6. The third kappa shape index (κ3) is 8.46. The Balaban J connectivity index is 0.000000260. The van der Waals surface area contributed by atoms with E-state index in [1.807, 2.05) is 31.2 Å². The molecule has 0 saturated heterocycles. The Labute approximate surface area is 159 Å². The predicted molar refractivity (Wildman–Crippen MR) is 111 cm³/mol. The second-order valence-electron chi connectivity index (χ2n) is 7.21. The number of rotatable bonds is 7. The number of benzene rings is 2. The lowest BCUT2D eigenvalue weighted by atomic mass is 9.90. The lowest BCUT2D eigenvalue weighted by Crippen LogP contribution is -2.14. The van der Waals surface area contributed by atoms with Crippen LogP contribution in [0.5, 0.6) is 0 Å². The first-order valence-corrected chi connectivity index (χ1v) is 9.42. The third-order valence-corrected chi connectivity index (χ3v) is 4.94. The molecule has 0 aromatic heterocycles. The van der Waals surface area contributed by atoms with E-state index in [9.17, 15) is 0 Å². The molecule has 2 nitrogen and oxygen atoms in total. The average Bonchev–Trinajstić information content (AvgIpc) is 2.68. The molecule has 2 aromatic carbocycles. The second-order valence-corrected chi connectivity index (χ2v) is 7.21. The fourth-order valence-electron chi connectivity index (χ4n) is 2.55. The quantitative estimate of drug-likeness (QED) is 0.683. The molecular weight excluding hydrogens is 320 g/mol. The van der Waals surface area contributed by atoms with Gasteiger partial charge in [-0.05, 0) is 55.2 Å². The Hall–Kier alpha value is -1.90. The summed E-state index contributed by atoms with van der Waals surface area (Å²) in [4.78, 5) is 0. The zero-order chi connectivity index (χ0) is 19.4. The molecular formula is C24H34O2. The van der Waals surface area contributed by atoms with Crippen LogP contribution in [0.15, 0.2) is 71.8 Å². The molecule has 0 aliphatic rings. The second kappa shape index (κ2) is 12.5. The van der Waals surface area contributed by atoms with Gasteiger partial charge in [-0.3, -0.25) is 0 Å². The van der Waals surface area contributed by atoms with Crippen LogP contribution in [0.4, 0.5) is 0 Å². The number of hydrogen-bond acceptors (Lipinski definition) is 2. The number of aliphatic hydroxyl groups excluding tert-OH is 2. The van der Waals surface area contributed by atoms with Gasteiger partial charge >= 0.3 is 0 Å². The van der Waals surface area contributed by atoms with E-state index in [2.05, 4.69) is 57.2 Å². The minimum atomic E-state index is 0.165. The van der Waals surface area contributed by atoms with Crippen LogP contribution in [0, 0.1) is 11.8 Å². The van der Waals surface area contributed by atoms with Gasteiger partial charge in [0.15, 0.2) is 0 Å². The van der Waals surface area contributed by atoms with E-state index in [1.54, 1.807) is 0 Å². The SMILES string of the molecule is CC(CO)=C(C)Cc1ccccc1.CC(CO)C(C)Cc1ccccc1. The first kappa shape index (κ1) is 22.1. The topological polar surface area (TPSA) is 40.5 Å². The summed E-state index contributed by atoms with van der Waals surface area (Å²) < 4.78 is 0. The van der Waals surface area contributed by atoms with Crippen molar-refractivity contribution in [1.82, 2.24) is 0 Å². The fraction of sp³-hybridized carbons (Fsp3) is 0.417. The van der Waals surface area contributed by atoms with Crippen LogP contribution in [0.25, 0.3) is 0 Å². The van der Waals surface area contributed by atoms with Crippen molar-refractivity contribution >= 4 is 0 Å². The molecule has 2 rings (SSSR count). The summed E-state index contributed by atoms with van der Waals surface area (Å²) in [5.74, 6) is 0.938. The van der Waals surface area contributed by atoms with E-state index in [0.717, 1.165) is 18.4 Å². The van der Waals surface area contributed by atoms with Crippen LogP contribution in [0.1, 0.15) is 38.8 Å². The molecule has 0 amide bonds. The van der Waals surface area contributed by atoms with Gasteiger partial charge in [0.25, 0.3) is 0 Å². The molecule has 0 spiro atoms. The minimum Gasteiger partial charge on any atom is -0.396 e. The highest BCUT2D eigenvalue weighted by Crippen LogP contribution is 2.16. The molecule has 2 N–H and O–H groups in total. The monoisotopic (exact) mass is 354 g/mol. The molecule has 0 heterocycles. The highest BCUT2D eigenvalue weighted by molar-refractivity contribution is 5.23. The molecule has 0 bridgehead atoms. The van der Waals surface area contributed by atoms with Crippen molar-refractivity contribution in [2.75, 3.05) is 13.2 Å². The zero-order valence-corrected chi connectivity index (χ0v) is 16.7. The third-order valence-electron chi connectivity index (χ3n) is 4.94. The summed E-state index contributed by atoms with van der Waals surface area (Å²) in [5, 5.41) is 17.9. The van der Waals surface area contributed by atoms with E-state index < -0.39 is 0 Å². The van der Waals surface area contributed by atoms with Crippen molar-refractivity contribution in [1.29, 1.82) is 0 Å². The smallest absolute Gasteiger partial charge is 0.0641 e. The standard InChI is InChI=1S/C12H18O.C12H16O/c2*1-10(11(2)9-13)8-12-6-4-3-5-7-12/h3-7,10-11,13H,8-9H2,1-2H3;3-7,13H,8-9H2,1-2H3. The van der Waals surface area contributed by atoms with Gasteiger partial charge in [-0.25, -0.2) is 0 Å². The summed E-state index contributed by atoms with van der Waals surface area (Å²) >= 11 is 0. The minimum absolute atomic E-state index is 0.165. The first-order chi connectivity index (χ1) is 12.5. The number of allylic oxidation sites excluding steroid dienone is 1. The van der Waals surface area contributed by atoms with Gasteiger partial charge in [0, 0.05) is 6.61 Å². The summed E-state index contributed by atoms with van der Waals surface area (Å²) in [6, 6.07) is 20.7. The van der Waals surface area contributed by atoms with Crippen LogP contribution >= 0.6 is 0 Å². The maximum absolute atomic E-state index is 8.98. The molecule has 2 unspecified atom stereocenters. The highest BCUT2D eigenvalue weighted by Gasteiger charge is 2.11. The Morgan fingerprint density at radius 1 is 0.731 bits per heavy atom. The van der Waals surface area contributed by atoms with Gasteiger partial charge < -0.3 is 10.2 Å². The van der Waals surface area contributed by atoms with E-state index in [4.69, 9.17) is 10.2 Å². The predicted octanol–water partition coefficient (Wildman–Crippen LogP) is 5.05. The molecule has 142 valence electrons. The van der Waals surface area contributed by atoms with Gasteiger partial charge in [0.1, 0.15) is 0 Å². The highest BCUT2D eigenvalue weighted by atomic mass is 16.3. The molecule has 2 atom stereocenters. The molecule has 0 aliphatic heterocycles. The summed E-state index contributed by atoms with van der Waals surface area (Å²) in [5.41, 5.74) is 4.99. The maximum Gasteiger partial charge on any atom is 0.0641 e. The van der Waals surface area contributed by atoms with Crippen LogP contribution in [0.3, 0.4) is 0 Å². The molecule has 2 aromatic rings. The van der Waals surface area contributed by atoms with Gasteiger partial charge in [0.2, 0.25) is 0 Å². The van der Waals surface area contributed by atoms with Crippen LogP contribution < -0.4 is 0 Å².